The molecular weight excluding hydrogens is 328 g/mol. The van der Waals surface area contributed by atoms with Crippen molar-refractivity contribution < 1.29 is 9.90 Å². The van der Waals surface area contributed by atoms with Crippen molar-refractivity contribution in [1.82, 2.24) is 10.2 Å². The molecule has 1 amide bonds. The average molecular weight is 346 g/mol. The first-order valence-electron chi connectivity index (χ1n) is 7.90. The predicted octanol–water partition coefficient (Wildman–Crippen LogP) is 3.46. The summed E-state index contributed by atoms with van der Waals surface area (Å²) in [6.07, 6.45) is 7.83. The molecule has 0 spiro atoms. The zero-order chi connectivity index (χ0) is 18.5. The maximum Gasteiger partial charge on any atom is 0.255 e. The van der Waals surface area contributed by atoms with Gasteiger partial charge in [-0.15, -0.1) is 0 Å². The molecule has 3 rings (SSSR count). The van der Waals surface area contributed by atoms with Crippen LogP contribution >= 0.6 is 0 Å². The number of phenols is 1. The number of hydrogen-bond acceptors (Lipinski definition) is 4. The lowest BCUT2D eigenvalue weighted by molar-refractivity contribution is -0.112. The monoisotopic (exact) mass is 346 g/mol. The van der Waals surface area contributed by atoms with Crippen LogP contribution in [0.5, 0.6) is 5.75 Å². The van der Waals surface area contributed by atoms with E-state index in [1.807, 2.05) is 18.2 Å². The summed E-state index contributed by atoms with van der Waals surface area (Å²) < 4.78 is 0. The Labute approximate surface area is 150 Å². The van der Waals surface area contributed by atoms with Crippen molar-refractivity contribution in [3.63, 3.8) is 0 Å². The molecule has 0 saturated carbocycles. The van der Waals surface area contributed by atoms with Crippen LogP contribution < -0.4 is 11.1 Å². The van der Waals surface area contributed by atoms with Crippen LogP contribution in [0.3, 0.4) is 0 Å². The first kappa shape index (κ1) is 17.0. The van der Waals surface area contributed by atoms with Crippen molar-refractivity contribution in [2.45, 2.75) is 0 Å². The highest BCUT2D eigenvalue weighted by atomic mass is 16.3. The molecule has 3 aromatic rings. The summed E-state index contributed by atoms with van der Waals surface area (Å²) in [6.45, 7) is 3.75. The fourth-order valence-corrected chi connectivity index (χ4v) is 2.52. The van der Waals surface area contributed by atoms with E-state index in [4.69, 9.17) is 5.73 Å². The van der Waals surface area contributed by atoms with E-state index in [0.717, 1.165) is 22.0 Å². The second-order valence-electron chi connectivity index (χ2n) is 5.63. The van der Waals surface area contributed by atoms with Crippen LogP contribution in [0.15, 0.2) is 79.2 Å². The molecule has 0 atom stereocenters. The SMILES string of the molecule is C=C(/C=C\C=C/N)C(=O)Nc1cc(-c2cccc(O)c2)cc2[nH]ncc12. The summed E-state index contributed by atoms with van der Waals surface area (Å²) in [7, 11) is 0. The molecule has 130 valence electrons. The van der Waals surface area contributed by atoms with Gasteiger partial charge >= 0.3 is 0 Å². The van der Waals surface area contributed by atoms with Gasteiger partial charge in [0.15, 0.2) is 0 Å². The van der Waals surface area contributed by atoms with Crippen molar-refractivity contribution in [3.05, 3.63) is 79.2 Å². The number of benzene rings is 2. The number of anilines is 1. The number of amides is 1. The summed E-state index contributed by atoms with van der Waals surface area (Å²) in [5.74, 6) is -0.161. The van der Waals surface area contributed by atoms with Gasteiger partial charge in [0.2, 0.25) is 0 Å². The number of nitrogens with two attached hydrogens (primary N) is 1. The van der Waals surface area contributed by atoms with Crippen molar-refractivity contribution in [3.8, 4) is 16.9 Å². The van der Waals surface area contributed by atoms with Gasteiger partial charge in [-0.3, -0.25) is 9.89 Å². The van der Waals surface area contributed by atoms with Crippen LogP contribution in [0.2, 0.25) is 0 Å². The molecule has 5 N–H and O–H groups in total. The van der Waals surface area contributed by atoms with E-state index in [1.54, 1.807) is 42.6 Å². The zero-order valence-electron chi connectivity index (χ0n) is 13.9. The molecule has 1 heterocycles. The predicted molar refractivity (Wildman–Crippen MR) is 103 cm³/mol. The van der Waals surface area contributed by atoms with Gasteiger partial charge < -0.3 is 16.2 Å². The number of H-pyrrole nitrogens is 1. The third-order valence-electron chi connectivity index (χ3n) is 3.80. The summed E-state index contributed by atoms with van der Waals surface area (Å²) in [6, 6.07) is 10.6. The Kier molecular flexibility index (Phi) is 4.85. The topological polar surface area (TPSA) is 104 Å². The van der Waals surface area contributed by atoms with Crippen molar-refractivity contribution >= 4 is 22.5 Å². The first-order valence-corrected chi connectivity index (χ1v) is 7.90. The number of carbonyl (C=O) groups excluding carboxylic acids is 1. The molecule has 6 nitrogen and oxygen atoms in total. The Morgan fingerprint density at radius 3 is 2.85 bits per heavy atom. The van der Waals surface area contributed by atoms with Crippen LogP contribution in [-0.4, -0.2) is 21.2 Å². The summed E-state index contributed by atoms with van der Waals surface area (Å²) in [5.41, 5.74) is 8.58. The number of aromatic amines is 1. The van der Waals surface area contributed by atoms with Gasteiger partial charge in [-0.05, 0) is 47.7 Å². The van der Waals surface area contributed by atoms with Crippen LogP contribution in [0.4, 0.5) is 5.69 Å². The second kappa shape index (κ2) is 7.40. The summed E-state index contributed by atoms with van der Waals surface area (Å²) in [4.78, 5) is 12.4. The zero-order valence-corrected chi connectivity index (χ0v) is 13.9. The Morgan fingerprint density at radius 1 is 1.23 bits per heavy atom. The minimum atomic E-state index is -0.331. The van der Waals surface area contributed by atoms with E-state index in [0.29, 0.717) is 11.3 Å². The molecule has 0 fully saturated rings. The van der Waals surface area contributed by atoms with Gasteiger partial charge in [0.05, 0.1) is 17.4 Å². The van der Waals surface area contributed by atoms with E-state index >= 15 is 0 Å². The maximum absolute atomic E-state index is 12.4. The molecule has 0 bridgehead atoms. The molecule has 0 radical (unpaired) electrons. The van der Waals surface area contributed by atoms with Crippen molar-refractivity contribution in [2.75, 3.05) is 5.32 Å². The number of phenolic OH excluding ortho intramolecular Hbond substituents is 1. The number of fused-ring (bicyclic) bond motifs is 1. The number of allylic oxidation sites excluding steroid dienone is 2. The van der Waals surface area contributed by atoms with E-state index < -0.39 is 0 Å². The molecule has 0 aliphatic rings. The van der Waals surface area contributed by atoms with Gasteiger partial charge in [-0.1, -0.05) is 30.9 Å². The number of aromatic nitrogens is 2. The molecule has 26 heavy (non-hydrogen) atoms. The number of aromatic hydroxyl groups is 1. The highest BCUT2D eigenvalue weighted by Crippen LogP contribution is 2.31. The van der Waals surface area contributed by atoms with Gasteiger partial charge in [0.1, 0.15) is 5.75 Å². The summed E-state index contributed by atoms with van der Waals surface area (Å²) >= 11 is 0. The molecule has 6 heteroatoms. The fraction of sp³-hybridized carbons (Fsp3) is 0. The number of hydrogen-bond donors (Lipinski definition) is 4. The van der Waals surface area contributed by atoms with Crippen LogP contribution in [-0.2, 0) is 4.79 Å². The quantitative estimate of drug-likeness (QED) is 0.419. The van der Waals surface area contributed by atoms with E-state index in [1.165, 1.54) is 6.20 Å². The molecule has 0 aliphatic carbocycles. The standard InChI is InChI=1S/C20H18N4O2/c1-13(5-2-3-8-21)20(26)23-18-10-15(11-19-17(18)12-22-24-19)14-6-4-7-16(25)9-14/h2-12,25H,1,21H2,(H,22,24)(H,23,26)/b5-2-,8-3-. The van der Waals surface area contributed by atoms with Gasteiger partial charge in [-0.2, -0.15) is 5.10 Å². The fourth-order valence-electron chi connectivity index (χ4n) is 2.52. The normalized spacial score (nSPS) is 11.4. The van der Waals surface area contributed by atoms with Crippen molar-refractivity contribution in [1.29, 1.82) is 0 Å². The van der Waals surface area contributed by atoms with Gasteiger partial charge in [0.25, 0.3) is 5.91 Å². The third-order valence-corrected chi connectivity index (χ3v) is 3.80. The molecule has 0 unspecified atom stereocenters. The van der Waals surface area contributed by atoms with Crippen LogP contribution in [0.25, 0.3) is 22.0 Å². The van der Waals surface area contributed by atoms with E-state index in [-0.39, 0.29) is 11.7 Å². The van der Waals surface area contributed by atoms with Crippen LogP contribution in [0, 0.1) is 0 Å². The third kappa shape index (κ3) is 3.64. The minimum Gasteiger partial charge on any atom is -0.508 e. The Bertz CT molecular complexity index is 1030. The lowest BCUT2D eigenvalue weighted by Crippen LogP contribution is -2.12. The van der Waals surface area contributed by atoms with Crippen LogP contribution in [0.1, 0.15) is 0 Å². The minimum absolute atomic E-state index is 0.171. The Hall–Kier alpha value is -3.80. The molecule has 2 aromatic carbocycles. The molecule has 0 saturated heterocycles. The number of rotatable bonds is 5. The number of nitrogens with zero attached hydrogens (tertiary/aromatic N) is 1. The number of carbonyl (C=O) groups is 1. The maximum atomic E-state index is 12.4. The molecule has 1 aromatic heterocycles. The number of nitrogens with one attached hydrogen (secondary N) is 2. The molecule has 0 aliphatic heterocycles. The largest absolute Gasteiger partial charge is 0.508 e. The second-order valence-corrected chi connectivity index (χ2v) is 5.63. The van der Waals surface area contributed by atoms with E-state index in [2.05, 4.69) is 22.1 Å². The van der Waals surface area contributed by atoms with E-state index in [9.17, 15) is 9.90 Å². The first-order chi connectivity index (χ1) is 12.6. The average Bonchev–Trinajstić information content (AvgIpc) is 3.10. The van der Waals surface area contributed by atoms with Gasteiger partial charge in [-0.25, -0.2) is 0 Å². The smallest absolute Gasteiger partial charge is 0.255 e. The Morgan fingerprint density at radius 2 is 2.08 bits per heavy atom. The lowest BCUT2D eigenvalue weighted by Gasteiger charge is -2.10. The van der Waals surface area contributed by atoms with Gasteiger partial charge in [0, 0.05) is 11.0 Å². The van der Waals surface area contributed by atoms with Crippen molar-refractivity contribution in [2.24, 2.45) is 5.73 Å². The highest BCUT2D eigenvalue weighted by molar-refractivity contribution is 6.10. The lowest BCUT2D eigenvalue weighted by atomic mass is 10.0. The Balaban J connectivity index is 1.96. The molecular formula is C20H18N4O2. The highest BCUT2D eigenvalue weighted by Gasteiger charge is 2.12. The summed E-state index contributed by atoms with van der Waals surface area (Å²) in [5, 5.41) is 20.3.